The SMILES string of the molecule is Cc1cc(C)cc(NC(=O)CSc2nnc(-c3ccc(Cl)cc3Cl)o2)c1. The van der Waals surface area contributed by atoms with Crippen LogP contribution in [-0.4, -0.2) is 21.9 Å². The molecule has 0 bridgehead atoms. The molecule has 0 aliphatic heterocycles. The minimum atomic E-state index is -0.149. The van der Waals surface area contributed by atoms with Gasteiger partial charge in [-0.3, -0.25) is 4.79 Å². The van der Waals surface area contributed by atoms with Crippen LogP contribution in [0.1, 0.15) is 11.1 Å². The van der Waals surface area contributed by atoms with Gasteiger partial charge < -0.3 is 9.73 Å². The van der Waals surface area contributed by atoms with Crippen molar-refractivity contribution in [2.45, 2.75) is 19.1 Å². The first-order valence-corrected chi connectivity index (χ1v) is 9.45. The van der Waals surface area contributed by atoms with Crippen LogP contribution >= 0.6 is 35.0 Å². The van der Waals surface area contributed by atoms with Gasteiger partial charge in [0.2, 0.25) is 11.8 Å². The third kappa shape index (κ3) is 4.78. The maximum Gasteiger partial charge on any atom is 0.277 e. The molecule has 3 rings (SSSR count). The number of thioether (sulfide) groups is 1. The number of halogens is 2. The number of hydrogen-bond donors (Lipinski definition) is 1. The molecule has 0 saturated heterocycles. The number of nitrogens with zero attached hydrogens (tertiary/aromatic N) is 2. The van der Waals surface area contributed by atoms with Crippen molar-refractivity contribution in [2.75, 3.05) is 11.1 Å². The molecule has 134 valence electrons. The van der Waals surface area contributed by atoms with Crippen LogP contribution in [0, 0.1) is 13.8 Å². The summed E-state index contributed by atoms with van der Waals surface area (Å²) in [5, 5.41) is 12.0. The molecule has 1 amide bonds. The minimum absolute atomic E-state index is 0.149. The van der Waals surface area contributed by atoms with E-state index < -0.39 is 0 Å². The van der Waals surface area contributed by atoms with Crippen molar-refractivity contribution in [3.8, 4) is 11.5 Å². The topological polar surface area (TPSA) is 68.0 Å². The Morgan fingerprint density at radius 1 is 1.12 bits per heavy atom. The summed E-state index contributed by atoms with van der Waals surface area (Å²) in [6.45, 7) is 3.97. The first-order valence-electron chi connectivity index (χ1n) is 7.70. The fourth-order valence-corrected chi connectivity index (χ4v) is 3.46. The Morgan fingerprint density at radius 3 is 2.54 bits per heavy atom. The predicted molar refractivity (Wildman–Crippen MR) is 105 cm³/mol. The van der Waals surface area contributed by atoms with Gasteiger partial charge in [-0.1, -0.05) is 41.0 Å². The lowest BCUT2D eigenvalue weighted by molar-refractivity contribution is -0.113. The van der Waals surface area contributed by atoms with Gasteiger partial charge in [0.25, 0.3) is 5.22 Å². The molecule has 1 heterocycles. The number of aromatic nitrogens is 2. The Balaban J connectivity index is 1.61. The number of rotatable bonds is 5. The molecule has 2 aromatic carbocycles. The number of amides is 1. The number of anilines is 1. The Labute approximate surface area is 165 Å². The monoisotopic (exact) mass is 407 g/mol. The Morgan fingerprint density at radius 2 is 1.85 bits per heavy atom. The number of carbonyl (C=O) groups is 1. The van der Waals surface area contributed by atoms with Crippen molar-refractivity contribution >= 4 is 46.6 Å². The summed E-state index contributed by atoms with van der Waals surface area (Å²) in [4.78, 5) is 12.1. The molecule has 0 fully saturated rings. The first kappa shape index (κ1) is 18.8. The van der Waals surface area contributed by atoms with E-state index in [1.807, 2.05) is 32.0 Å². The molecule has 0 unspecified atom stereocenters. The number of benzene rings is 2. The van der Waals surface area contributed by atoms with Gasteiger partial charge in [-0.25, -0.2) is 0 Å². The quantitative estimate of drug-likeness (QED) is 0.574. The fraction of sp³-hybridized carbons (Fsp3) is 0.167. The highest BCUT2D eigenvalue weighted by Gasteiger charge is 2.14. The van der Waals surface area contributed by atoms with Crippen LogP contribution in [0.2, 0.25) is 10.0 Å². The molecule has 0 spiro atoms. The van der Waals surface area contributed by atoms with Gasteiger partial charge in [0.1, 0.15) is 0 Å². The summed E-state index contributed by atoms with van der Waals surface area (Å²) in [5.41, 5.74) is 3.55. The average molecular weight is 408 g/mol. The van der Waals surface area contributed by atoms with E-state index in [2.05, 4.69) is 15.5 Å². The van der Waals surface area contributed by atoms with E-state index in [1.165, 1.54) is 0 Å². The van der Waals surface area contributed by atoms with Crippen LogP contribution in [0.4, 0.5) is 5.69 Å². The smallest absolute Gasteiger partial charge is 0.277 e. The number of carbonyl (C=O) groups excluding carboxylic acids is 1. The standard InChI is InChI=1S/C18H15Cl2N3O2S/c1-10-5-11(2)7-13(6-10)21-16(24)9-26-18-23-22-17(25-18)14-4-3-12(19)8-15(14)20/h3-8H,9H2,1-2H3,(H,21,24). The predicted octanol–water partition coefficient (Wildman–Crippen LogP) is 5.39. The second-order valence-corrected chi connectivity index (χ2v) is 7.48. The van der Waals surface area contributed by atoms with E-state index in [0.717, 1.165) is 28.6 Å². The Kier molecular flexibility index (Phi) is 5.86. The Bertz CT molecular complexity index is 939. The van der Waals surface area contributed by atoms with Gasteiger partial charge in [-0.2, -0.15) is 0 Å². The second kappa shape index (κ2) is 8.12. The number of nitrogens with one attached hydrogen (secondary N) is 1. The van der Waals surface area contributed by atoms with E-state index >= 15 is 0 Å². The highest BCUT2D eigenvalue weighted by Crippen LogP contribution is 2.31. The molecule has 0 radical (unpaired) electrons. The summed E-state index contributed by atoms with van der Waals surface area (Å²) in [6.07, 6.45) is 0. The molecule has 3 aromatic rings. The molecule has 1 aromatic heterocycles. The number of hydrogen-bond acceptors (Lipinski definition) is 5. The van der Waals surface area contributed by atoms with E-state index in [9.17, 15) is 4.79 Å². The highest BCUT2D eigenvalue weighted by atomic mass is 35.5. The normalized spacial score (nSPS) is 10.8. The first-order chi connectivity index (χ1) is 12.4. The van der Waals surface area contributed by atoms with Crippen LogP contribution in [0.5, 0.6) is 0 Å². The lowest BCUT2D eigenvalue weighted by Crippen LogP contribution is -2.14. The van der Waals surface area contributed by atoms with Crippen LogP contribution in [0.3, 0.4) is 0 Å². The molecule has 8 heteroatoms. The van der Waals surface area contributed by atoms with Crippen LogP contribution in [0.25, 0.3) is 11.5 Å². The molecule has 0 atom stereocenters. The third-order valence-corrected chi connectivity index (χ3v) is 4.77. The molecule has 0 aliphatic rings. The lowest BCUT2D eigenvalue weighted by Gasteiger charge is -2.06. The highest BCUT2D eigenvalue weighted by molar-refractivity contribution is 7.99. The summed E-state index contributed by atoms with van der Waals surface area (Å²) >= 11 is 13.2. The van der Waals surface area contributed by atoms with Crippen molar-refractivity contribution in [1.82, 2.24) is 10.2 Å². The summed E-state index contributed by atoms with van der Waals surface area (Å²) in [7, 11) is 0. The molecule has 26 heavy (non-hydrogen) atoms. The molecular formula is C18H15Cl2N3O2S. The van der Waals surface area contributed by atoms with Crippen LogP contribution < -0.4 is 5.32 Å². The fourth-order valence-electron chi connectivity index (χ4n) is 2.41. The van der Waals surface area contributed by atoms with Gasteiger partial charge in [0.05, 0.1) is 16.3 Å². The molecular weight excluding hydrogens is 393 g/mol. The summed E-state index contributed by atoms with van der Waals surface area (Å²) in [5.74, 6) is 0.288. The van der Waals surface area contributed by atoms with Crippen molar-refractivity contribution in [3.05, 3.63) is 57.6 Å². The van der Waals surface area contributed by atoms with E-state index in [1.54, 1.807) is 18.2 Å². The Hall–Kier alpha value is -2.02. The van der Waals surface area contributed by atoms with Crippen molar-refractivity contribution in [1.29, 1.82) is 0 Å². The van der Waals surface area contributed by atoms with Gasteiger partial charge in [0, 0.05) is 10.7 Å². The van der Waals surface area contributed by atoms with Gasteiger partial charge in [-0.15, -0.1) is 10.2 Å². The van der Waals surface area contributed by atoms with Crippen LogP contribution in [0.15, 0.2) is 46.0 Å². The summed E-state index contributed by atoms with van der Waals surface area (Å²) in [6, 6.07) is 10.9. The second-order valence-electron chi connectivity index (χ2n) is 5.71. The summed E-state index contributed by atoms with van der Waals surface area (Å²) < 4.78 is 5.56. The number of aryl methyl sites for hydroxylation is 2. The maximum atomic E-state index is 12.1. The van der Waals surface area contributed by atoms with E-state index in [0.29, 0.717) is 20.8 Å². The zero-order chi connectivity index (χ0) is 18.7. The third-order valence-electron chi connectivity index (χ3n) is 3.40. The van der Waals surface area contributed by atoms with Gasteiger partial charge in [-0.05, 0) is 55.3 Å². The van der Waals surface area contributed by atoms with E-state index in [4.69, 9.17) is 27.6 Å². The maximum absolute atomic E-state index is 12.1. The van der Waals surface area contributed by atoms with Crippen molar-refractivity contribution in [3.63, 3.8) is 0 Å². The van der Waals surface area contributed by atoms with Crippen molar-refractivity contribution in [2.24, 2.45) is 0 Å². The van der Waals surface area contributed by atoms with Crippen LogP contribution in [-0.2, 0) is 4.79 Å². The van der Waals surface area contributed by atoms with Crippen molar-refractivity contribution < 1.29 is 9.21 Å². The van der Waals surface area contributed by atoms with Gasteiger partial charge >= 0.3 is 0 Å². The molecule has 5 nitrogen and oxygen atoms in total. The van der Waals surface area contributed by atoms with Gasteiger partial charge in [0.15, 0.2) is 0 Å². The molecule has 0 aliphatic carbocycles. The zero-order valence-corrected chi connectivity index (χ0v) is 16.4. The molecule has 1 N–H and O–H groups in total. The minimum Gasteiger partial charge on any atom is -0.411 e. The molecule has 0 saturated carbocycles. The zero-order valence-electron chi connectivity index (χ0n) is 14.0. The lowest BCUT2D eigenvalue weighted by atomic mass is 10.1. The van der Waals surface area contributed by atoms with E-state index in [-0.39, 0.29) is 17.6 Å². The average Bonchev–Trinajstić information content (AvgIpc) is 3.00. The largest absolute Gasteiger partial charge is 0.411 e.